The number of rotatable bonds is 6. The molecule has 1 aliphatic rings. The van der Waals surface area contributed by atoms with Crippen molar-refractivity contribution in [3.05, 3.63) is 22.6 Å². The van der Waals surface area contributed by atoms with Crippen LogP contribution >= 0.6 is 11.8 Å². The third-order valence-electron chi connectivity index (χ3n) is 3.24. The van der Waals surface area contributed by atoms with E-state index in [0.29, 0.717) is 11.7 Å². The highest BCUT2D eigenvalue weighted by Gasteiger charge is 2.16. The Morgan fingerprint density at radius 2 is 2.43 bits per heavy atom. The van der Waals surface area contributed by atoms with Gasteiger partial charge in [0.05, 0.1) is 11.9 Å². The molecule has 0 spiro atoms. The van der Waals surface area contributed by atoms with Gasteiger partial charge < -0.3 is 14.6 Å². The minimum atomic E-state index is -0.283. The van der Waals surface area contributed by atoms with Gasteiger partial charge in [-0.2, -0.15) is 4.98 Å². The Morgan fingerprint density at radius 1 is 1.62 bits per heavy atom. The molecule has 0 aromatic carbocycles. The lowest BCUT2D eigenvalue weighted by atomic mass is 10.2. The summed E-state index contributed by atoms with van der Waals surface area (Å²) in [6, 6.07) is 1.62. The van der Waals surface area contributed by atoms with Gasteiger partial charge in [-0.25, -0.2) is 0 Å². The zero-order valence-corrected chi connectivity index (χ0v) is 13.2. The molecule has 0 bridgehead atoms. The lowest BCUT2D eigenvalue weighted by Crippen LogP contribution is -2.33. The maximum atomic E-state index is 11.8. The quantitative estimate of drug-likeness (QED) is 0.631. The van der Waals surface area contributed by atoms with E-state index in [9.17, 15) is 9.59 Å². The van der Waals surface area contributed by atoms with Crippen molar-refractivity contribution in [1.29, 1.82) is 0 Å². The molecule has 0 radical (unpaired) electrons. The minimum Gasteiger partial charge on any atom is -0.376 e. The van der Waals surface area contributed by atoms with Gasteiger partial charge in [0.1, 0.15) is 0 Å². The Morgan fingerprint density at radius 3 is 3.10 bits per heavy atom. The van der Waals surface area contributed by atoms with Crippen molar-refractivity contribution in [3.63, 3.8) is 0 Å². The van der Waals surface area contributed by atoms with E-state index in [1.807, 2.05) is 18.4 Å². The molecule has 1 aromatic heterocycles. The van der Waals surface area contributed by atoms with E-state index in [0.717, 1.165) is 19.4 Å². The van der Waals surface area contributed by atoms with E-state index in [2.05, 4.69) is 10.3 Å². The maximum absolute atomic E-state index is 11.8. The number of ether oxygens (including phenoxy) is 1. The summed E-state index contributed by atoms with van der Waals surface area (Å²) in [7, 11) is 0. The molecular formula is C14H21N3O3S. The van der Waals surface area contributed by atoms with Crippen LogP contribution < -0.4 is 10.9 Å². The third kappa shape index (κ3) is 4.86. The summed E-state index contributed by atoms with van der Waals surface area (Å²) in [5.74, 6) is 0.180. The van der Waals surface area contributed by atoms with E-state index in [1.165, 1.54) is 17.8 Å². The Labute approximate surface area is 128 Å². The fraction of sp³-hybridized carbons (Fsp3) is 0.643. The predicted molar refractivity (Wildman–Crippen MR) is 81.6 cm³/mol. The van der Waals surface area contributed by atoms with Gasteiger partial charge in [0.25, 0.3) is 5.56 Å². The van der Waals surface area contributed by atoms with Gasteiger partial charge in [-0.15, -0.1) is 0 Å². The predicted octanol–water partition coefficient (Wildman–Crippen LogP) is 1.21. The molecule has 1 saturated heterocycles. The fourth-order valence-corrected chi connectivity index (χ4v) is 3.05. The number of thioether (sulfide) groups is 1. The minimum absolute atomic E-state index is 0.0658. The van der Waals surface area contributed by atoms with Crippen LogP contribution in [-0.4, -0.2) is 40.5 Å². The molecule has 21 heavy (non-hydrogen) atoms. The summed E-state index contributed by atoms with van der Waals surface area (Å²) in [6.45, 7) is 5.35. The molecule has 1 aromatic rings. The highest BCUT2D eigenvalue weighted by atomic mass is 32.2. The SMILES string of the molecule is CC(C)n1ccc(=O)nc1SCC(=O)NCC1CCCO1. The number of carbonyl (C=O) groups is 1. The van der Waals surface area contributed by atoms with Crippen LogP contribution in [-0.2, 0) is 9.53 Å². The summed E-state index contributed by atoms with van der Waals surface area (Å²) < 4.78 is 7.34. The van der Waals surface area contributed by atoms with Crippen LogP contribution in [0.4, 0.5) is 0 Å². The molecule has 2 heterocycles. The van der Waals surface area contributed by atoms with E-state index in [4.69, 9.17) is 4.74 Å². The van der Waals surface area contributed by atoms with Crippen LogP contribution in [0.5, 0.6) is 0 Å². The Hall–Kier alpha value is -1.34. The largest absolute Gasteiger partial charge is 0.376 e. The number of nitrogens with one attached hydrogen (secondary N) is 1. The number of aromatic nitrogens is 2. The molecule has 6 nitrogen and oxygen atoms in total. The third-order valence-corrected chi connectivity index (χ3v) is 4.21. The first kappa shape index (κ1) is 16.0. The lowest BCUT2D eigenvalue weighted by Gasteiger charge is -2.15. The van der Waals surface area contributed by atoms with Crippen molar-refractivity contribution < 1.29 is 9.53 Å². The van der Waals surface area contributed by atoms with Gasteiger partial charge in [-0.1, -0.05) is 11.8 Å². The fourth-order valence-electron chi connectivity index (χ4n) is 2.11. The summed E-state index contributed by atoms with van der Waals surface area (Å²) >= 11 is 1.28. The second-order valence-electron chi connectivity index (χ2n) is 5.28. The highest BCUT2D eigenvalue weighted by molar-refractivity contribution is 7.99. The van der Waals surface area contributed by atoms with Crippen molar-refractivity contribution in [1.82, 2.24) is 14.9 Å². The van der Waals surface area contributed by atoms with E-state index >= 15 is 0 Å². The molecule has 1 N–H and O–H groups in total. The monoisotopic (exact) mass is 311 g/mol. The van der Waals surface area contributed by atoms with Crippen LogP contribution in [0.1, 0.15) is 32.7 Å². The molecule has 2 rings (SSSR count). The molecule has 7 heteroatoms. The highest BCUT2D eigenvalue weighted by Crippen LogP contribution is 2.17. The topological polar surface area (TPSA) is 73.2 Å². The molecule has 0 saturated carbocycles. The standard InChI is InChI=1S/C14H21N3O3S/c1-10(2)17-6-5-12(18)16-14(17)21-9-13(19)15-8-11-4-3-7-20-11/h5-6,10-11H,3-4,7-9H2,1-2H3,(H,15,19). The number of carbonyl (C=O) groups excluding carboxylic acids is 1. The number of nitrogens with zero attached hydrogens (tertiary/aromatic N) is 2. The summed E-state index contributed by atoms with van der Waals surface area (Å²) in [4.78, 5) is 27.2. The summed E-state index contributed by atoms with van der Waals surface area (Å²) in [5, 5.41) is 3.43. The second kappa shape index (κ2) is 7.61. The molecular weight excluding hydrogens is 290 g/mol. The van der Waals surface area contributed by atoms with Crippen molar-refractivity contribution in [2.24, 2.45) is 0 Å². The van der Waals surface area contributed by atoms with Crippen LogP contribution in [0, 0.1) is 0 Å². The van der Waals surface area contributed by atoms with E-state index in [1.54, 1.807) is 6.20 Å². The van der Waals surface area contributed by atoms with Crippen LogP contribution in [0.15, 0.2) is 22.2 Å². The number of hydrogen-bond acceptors (Lipinski definition) is 5. The van der Waals surface area contributed by atoms with Crippen molar-refractivity contribution in [2.75, 3.05) is 18.9 Å². The Balaban J connectivity index is 1.85. The van der Waals surface area contributed by atoms with E-state index < -0.39 is 0 Å². The average molecular weight is 311 g/mol. The zero-order chi connectivity index (χ0) is 15.2. The zero-order valence-electron chi connectivity index (χ0n) is 12.4. The van der Waals surface area contributed by atoms with Gasteiger partial charge >= 0.3 is 0 Å². The Kier molecular flexibility index (Phi) is 5.81. The van der Waals surface area contributed by atoms with Crippen molar-refractivity contribution in [3.8, 4) is 0 Å². The number of hydrogen-bond donors (Lipinski definition) is 1. The van der Waals surface area contributed by atoms with E-state index in [-0.39, 0.29) is 29.4 Å². The first-order chi connectivity index (χ1) is 10.1. The van der Waals surface area contributed by atoms with Crippen molar-refractivity contribution >= 4 is 17.7 Å². The first-order valence-corrected chi connectivity index (χ1v) is 8.15. The van der Waals surface area contributed by atoms with Gasteiger partial charge in [0.2, 0.25) is 5.91 Å². The molecule has 0 aliphatic carbocycles. The first-order valence-electron chi connectivity index (χ1n) is 7.16. The molecule has 1 amide bonds. The average Bonchev–Trinajstić information content (AvgIpc) is 2.96. The van der Waals surface area contributed by atoms with Gasteiger partial charge in [-0.05, 0) is 26.7 Å². The lowest BCUT2D eigenvalue weighted by molar-refractivity contribution is -0.119. The van der Waals surface area contributed by atoms with Crippen molar-refractivity contribution in [2.45, 2.75) is 44.0 Å². The van der Waals surface area contributed by atoms with Crippen LogP contribution in [0.25, 0.3) is 0 Å². The van der Waals surface area contributed by atoms with Crippen LogP contribution in [0.3, 0.4) is 0 Å². The molecule has 1 atom stereocenters. The van der Waals surface area contributed by atoms with Crippen LogP contribution in [0.2, 0.25) is 0 Å². The second-order valence-corrected chi connectivity index (χ2v) is 6.22. The summed E-state index contributed by atoms with van der Waals surface area (Å²) in [6.07, 6.45) is 3.92. The van der Waals surface area contributed by atoms with Gasteiger partial charge in [0, 0.05) is 31.5 Å². The smallest absolute Gasteiger partial charge is 0.273 e. The van der Waals surface area contributed by atoms with Gasteiger partial charge in [0.15, 0.2) is 5.16 Å². The normalized spacial score (nSPS) is 18.1. The summed E-state index contributed by atoms with van der Waals surface area (Å²) in [5.41, 5.74) is -0.283. The maximum Gasteiger partial charge on any atom is 0.273 e. The number of amides is 1. The molecule has 1 unspecified atom stereocenters. The molecule has 1 aliphatic heterocycles. The van der Waals surface area contributed by atoms with Gasteiger partial charge in [-0.3, -0.25) is 9.59 Å². The Bertz CT molecular complexity index is 539. The molecule has 116 valence electrons. The molecule has 1 fully saturated rings.